The van der Waals surface area contributed by atoms with Crippen molar-refractivity contribution in [3.05, 3.63) is 84.1 Å². The second-order valence-electron chi connectivity index (χ2n) is 6.34. The van der Waals surface area contributed by atoms with E-state index in [2.05, 4.69) is 53.7 Å². The van der Waals surface area contributed by atoms with Gasteiger partial charge in [0.1, 0.15) is 0 Å². The van der Waals surface area contributed by atoms with E-state index >= 15 is 0 Å². The highest BCUT2D eigenvalue weighted by Gasteiger charge is 2.08. The Kier molecular flexibility index (Phi) is 4.01. The first kappa shape index (κ1) is 16.1. The summed E-state index contributed by atoms with van der Waals surface area (Å²) in [7, 11) is 1.64. The number of aryl methyl sites for hydroxylation is 1. The van der Waals surface area contributed by atoms with Gasteiger partial charge in [0.2, 0.25) is 0 Å². The maximum Gasteiger partial charge on any atom is 0.251 e. The van der Waals surface area contributed by atoms with Gasteiger partial charge >= 0.3 is 0 Å². The quantitative estimate of drug-likeness (QED) is 0.603. The molecule has 4 rings (SSSR count). The molecule has 0 radical (unpaired) electrons. The second kappa shape index (κ2) is 6.48. The molecule has 128 valence electrons. The number of pyridine rings is 1. The number of hydrogen-bond donors (Lipinski definition) is 1. The third-order valence-electron chi connectivity index (χ3n) is 4.50. The Bertz CT molecular complexity index is 1090. The molecule has 0 unspecified atom stereocenters. The fourth-order valence-corrected chi connectivity index (χ4v) is 3.02. The molecule has 0 aliphatic rings. The fraction of sp³-hybridized carbons (Fsp3) is 0.0909. The molecule has 0 saturated carbocycles. The van der Waals surface area contributed by atoms with Crippen LogP contribution in [0.5, 0.6) is 0 Å². The summed E-state index contributed by atoms with van der Waals surface area (Å²) in [5, 5.41) is 7.32. The lowest BCUT2D eigenvalue weighted by molar-refractivity contribution is 0.0963. The molecule has 0 saturated heterocycles. The largest absolute Gasteiger partial charge is 0.355 e. The summed E-state index contributed by atoms with van der Waals surface area (Å²) in [6.45, 7) is 2.08. The number of benzene rings is 2. The molecule has 4 aromatic rings. The molecular formula is C22H19N3O. The third kappa shape index (κ3) is 2.97. The van der Waals surface area contributed by atoms with E-state index in [-0.39, 0.29) is 5.91 Å². The van der Waals surface area contributed by atoms with E-state index in [9.17, 15) is 4.79 Å². The van der Waals surface area contributed by atoms with Gasteiger partial charge in [-0.25, -0.2) is 4.52 Å². The van der Waals surface area contributed by atoms with Crippen LogP contribution in [0.1, 0.15) is 15.9 Å². The van der Waals surface area contributed by atoms with Gasteiger partial charge in [0, 0.05) is 24.4 Å². The van der Waals surface area contributed by atoms with E-state index in [1.807, 2.05) is 41.0 Å². The average Bonchev–Trinajstić information content (AvgIpc) is 3.11. The van der Waals surface area contributed by atoms with E-state index in [0.29, 0.717) is 5.56 Å². The van der Waals surface area contributed by atoms with E-state index in [4.69, 9.17) is 0 Å². The number of rotatable bonds is 3. The van der Waals surface area contributed by atoms with Crippen LogP contribution in [-0.2, 0) is 0 Å². The van der Waals surface area contributed by atoms with Gasteiger partial charge in [0.25, 0.3) is 5.91 Å². The predicted octanol–water partition coefficient (Wildman–Crippen LogP) is 4.34. The van der Waals surface area contributed by atoms with Crippen molar-refractivity contribution in [1.29, 1.82) is 0 Å². The van der Waals surface area contributed by atoms with Gasteiger partial charge in [-0.1, -0.05) is 42.0 Å². The van der Waals surface area contributed by atoms with Crippen LogP contribution in [0.25, 0.3) is 27.9 Å². The van der Waals surface area contributed by atoms with Gasteiger partial charge < -0.3 is 5.32 Å². The topological polar surface area (TPSA) is 46.4 Å². The van der Waals surface area contributed by atoms with Gasteiger partial charge in [0.15, 0.2) is 0 Å². The average molecular weight is 341 g/mol. The SMILES string of the molecule is CNC(=O)c1cccc(-c2ccn3nc(-c4ccc(C)cc4)cc3c2)c1. The molecule has 4 heteroatoms. The number of carbonyl (C=O) groups is 1. The molecule has 0 aliphatic carbocycles. The van der Waals surface area contributed by atoms with Crippen molar-refractivity contribution in [3.8, 4) is 22.4 Å². The molecule has 0 aliphatic heterocycles. The fourth-order valence-electron chi connectivity index (χ4n) is 3.02. The number of amides is 1. The van der Waals surface area contributed by atoms with Crippen LogP contribution in [0.15, 0.2) is 72.9 Å². The van der Waals surface area contributed by atoms with Crippen molar-refractivity contribution < 1.29 is 4.79 Å². The van der Waals surface area contributed by atoms with Gasteiger partial charge in [-0.3, -0.25) is 4.79 Å². The van der Waals surface area contributed by atoms with Crippen LogP contribution < -0.4 is 5.32 Å². The van der Waals surface area contributed by atoms with Gasteiger partial charge in [-0.2, -0.15) is 5.10 Å². The second-order valence-corrected chi connectivity index (χ2v) is 6.34. The highest BCUT2D eigenvalue weighted by Crippen LogP contribution is 2.25. The Morgan fingerprint density at radius 3 is 2.46 bits per heavy atom. The van der Waals surface area contributed by atoms with Crippen LogP contribution in [0.2, 0.25) is 0 Å². The molecule has 26 heavy (non-hydrogen) atoms. The number of hydrogen-bond acceptors (Lipinski definition) is 2. The first-order valence-corrected chi connectivity index (χ1v) is 8.53. The minimum Gasteiger partial charge on any atom is -0.355 e. The monoisotopic (exact) mass is 341 g/mol. The number of fused-ring (bicyclic) bond motifs is 1. The summed E-state index contributed by atoms with van der Waals surface area (Å²) in [4.78, 5) is 11.9. The number of carbonyl (C=O) groups excluding carboxylic acids is 1. The van der Waals surface area contributed by atoms with Crippen molar-refractivity contribution in [2.45, 2.75) is 6.92 Å². The molecule has 0 spiro atoms. The molecule has 1 N–H and O–H groups in total. The van der Waals surface area contributed by atoms with E-state index in [1.54, 1.807) is 7.05 Å². The maximum absolute atomic E-state index is 11.9. The summed E-state index contributed by atoms with van der Waals surface area (Å²) in [6.07, 6.45) is 1.95. The lowest BCUT2D eigenvalue weighted by atomic mass is 10.0. The Hall–Kier alpha value is -3.40. The minimum absolute atomic E-state index is 0.0843. The number of nitrogens with zero attached hydrogens (tertiary/aromatic N) is 2. The summed E-state index contributed by atoms with van der Waals surface area (Å²) in [5.41, 5.74) is 7.01. The predicted molar refractivity (Wildman–Crippen MR) is 104 cm³/mol. The molecule has 2 aromatic heterocycles. The van der Waals surface area contributed by atoms with Gasteiger partial charge in [-0.05, 0) is 48.4 Å². The van der Waals surface area contributed by atoms with Crippen LogP contribution in [0.4, 0.5) is 0 Å². The Balaban J connectivity index is 1.74. The molecule has 0 fully saturated rings. The highest BCUT2D eigenvalue weighted by molar-refractivity contribution is 5.95. The van der Waals surface area contributed by atoms with Crippen LogP contribution in [-0.4, -0.2) is 22.6 Å². The first-order valence-electron chi connectivity index (χ1n) is 8.53. The van der Waals surface area contributed by atoms with Crippen LogP contribution in [0, 0.1) is 6.92 Å². The minimum atomic E-state index is -0.0843. The van der Waals surface area contributed by atoms with Crippen molar-refractivity contribution in [2.24, 2.45) is 0 Å². The molecule has 2 heterocycles. The summed E-state index contributed by atoms with van der Waals surface area (Å²) >= 11 is 0. The Morgan fingerprint density at radius 2 is 1.69 bits per heavy atom. The van der Waals surface area contributed by atoms with Crippen LogP contribution >= 0.6 is 0 Å². The molecule has 4 nitrogen and oxygen atoms in total. The first-order chi connectivity index (χ1) is 12.6. The van der Waals surface area contributed by atoms with Crippen LogP contribution in [0.3, 0.4) is 0 Å². The lowest BCUT2D eigenvalue weighted by Crippen LogP contribution is -2.17. The Morgan fingerprint density at radius 1 is 0.923 bits per heavy atom. The van der Waals surface area contributed by atoms with Crippen molar-refractivity contribution >= 4 is 11.4 Å². The molecule has 0 atom stereocenters. The smallest absolute Gasteiger partial charge is 0.251 e. The molecule has 0 bridgehead atoms. The van der Waals surface area contributed by atoms with E-state index in [1.165, 1.54) is 5.56 Å². The molecular weight excluding hydrogens is 322 g/mol. The summed E-state index contributed by atoms with van der Waals surface area (Å²) in [5.74, 6) is -0.0843. The third-order valence-corrected chi connectivity index (χ3v) is 4.50. The lowest BCUT2D eigenvalue weighted by Gasteiger charge is -2.05. The van der Waals surface area contributed by atoms with E-state index < -0.39 is 0 Å². The van der Waals surface area contributed by atoms with Crippen molar-refractivity contribution in [1.82, 2.24) is 14.9 Å². The highest BCUT2D eigenvalue weighted by atomic mass is 16.1. The Labute approximate surface area is 152 Å². The molecule has 2 aromatic carbocycles. The molecule has 1 amide bonds. The zero-order valence-corrected chi connectivity index (χ0v) is 14.7. The number of nitrogens with one attached hydrogen (secondary N) is 1. The van der Waals surface area contributed by atoms with Crippen molar-refractivity contribution in [2.75, 3.05) is 7.05 Å². The van der Waals surface area contributed by atoms with Gasteiger partial charge in [-0.15, -0.1) is 0 Å². The normalized spacial score (nSPS) is 10.8. The summed E-state index contributed by atoms with van der Waals surface area (Å²) < 4.78 is 1.88. The number of aromatic nitrogens is 2. The van der Waals surface area contributed by atoms with Gasteiger partial charge in [0.05, 0.1) is 11.2 Å². The summed E-state index contributed by atoms with van der Waals surface area (Å²) in [6, 6.07) is 22.2. The zero-order chi connectivity index (χ0) is 18.1. The standard InChI is InChI=1S/C22H19N3O/c1-15-6-8-16(9-7-15)21-14-20-13-18(10-11-25(20)24-21)17-4-3-5-19(12-17)22(26)23-2/h3-14H,1-2H3,(H,23,26). The van der Waals surface area contributed by atoms with Crippen molar-refractivity contribution in [3.63, 3.8) is 0 Å². The van der Waals surface area contributed by atoms with E-state index in [0.717, 1.165) is 27.9 Å². The zero-order valence-electron chi connectivity index (χ0n) is 14.7. The maximum atomic E-state index is 11.9.